The highest BCUT2D eigenvalue weighted by Crippen LogP contribution is 2.27. The van der Waals surface area contributed by atoms with Crippen molar-refractivity contribution >= 4 is 64.1 Å². The molecule has 0 fully saturated rings. The van der Waals surface area contributed by atoms with Crippen LogP contribution in [0.15, 0.2) is 54.6 Å². The molecule has 0 bridgehead atoms. The lowest BCUT2D eigenvalue weighted by molar-refractivity contribution is -0.142. The number of nitrogens with one attached hydrogen (secondary N) is 1. The fourth-order valence-corrected chi connectivity index (χ4v) is 4.93. The van der Waals surface area contributed by atoms with Crippen LogP contribution in [0.1, 0.15) is 37.4 Å². The first-order chi connectivity index (χ1) is 16.6. The number of ether oxygens (including phenoxy) is 1. The molecule has 1 amide bonds. The van der Waals surface area contributed by atoms with Crippen LogP contribution < -0.4 is 5.32 Å². The van der Waals surface area contributed by atoms with Gasteiger partial charge in [-0.2, -0.15) is 0 Å². The van der Waals surface area contributed by atoms with Crippen molar-refractivity contribution in [1.29, 1.82) is 0 Å². The lowest BCUT2D eigenvalue weighted by Crippen LogP contribution is -2.43. The lowest BCUT2D eigenvalue weighted by Gasteiger charge is -2.18. The topological polar surface area (TPSA) is 72.5 Å². The Labute approximate surface area is 223 Å². The minimum atomic E-state index is -0.977. The number of amides is 1. The summed E-state index contributed by atoms with van der Waals surface area (Å²) >= 11 is 24.7. The Balaban J connectivity index is 1.73. The fraction of sp³-hybridized carbons (Fsp3) is 0.192. The van der Waals surface area contributed by atoms with Crippen LogP contribution in [-0.4, -0.2) is 30.8 Å². The molecular weight excluding hydrogens is 532 g/mol. The number of carbonyl (C=O) groups is 3. The second-order valence-electron chi connectivity index (χ2n) is 7.87. The first-order valence-electron chi connectivity index (χ1n) is 10.5. The zero-order valence-electron chi connectivity index (χ0n) is 18.8. The first kappa shape index (κ1) is 27.0. The zero-order valence-corrected chi connectivity index (χ0v) is 21.9. The third kappa shape index (κ3) is 6.77. The van der Waals surface area contributed by atoms with Crippen molar-refractivity contribution in [3.8, 4) is 0 Å². The van der Waals surface area contributed by atoms with Crippen LogP contribution in [0.4, 0.5) is 0 Å². The second-order valence-corrected chi connectivity index (χ2v) is 9.50. The average Bonchev–Trinajstić information content (AvgIpc) is 2.78. The third-order valence-electron chi connectivity index (χ3n) is 5.27. The Morgan fingerprint density at radius 2 is 1.37 bits per heavy atom. The number of rotatable bonds is 8. The molecule has 0 aliphatic heterocycles. The molecule has 0 spiro atoms. The van der Waals surface area contributed by atoms with E-state index in [4.69, 9.17) is 51.1 Å². The molecule has 0 heterocycles. The number of halogens is 4. The molecule has 9 heteroatoms. The van der Waals surface area contributed by atoms with Gasteiger partial charge in [-0.1, -0.05) is 76.7 Å². The molecule has 5 nitrogen and oxygen atoms in total. The van der Waals surface area contributed by atoms with E-state index < -0.39 is 17.9 Å². The number of benzene rings is 3. The van der Waals surface area contributed by atoms with Crippen molar-refractivity contribution in [1.82, 2.24) is 5.32 Å². The molecule has 3 aromatic rings. The molecule has 0 unspecified atom stereocenters. The van der Waals surface area contributed by atoms with Gasteiger partial charge in [0.25, 0.3) is 5.91 Å². The van der Waals surface area contributed by atoms with Gasteiger partial charge in [-0.05, 0) is 47.9 Å². The molecule has 0 radical (unpaired) electrons. The number of ketones is 1. The van der Waals surface area contributed by atoms with Crippen LogP contribution in [0.3, 0.4) is 0 Å². The molecule has 3 aromatic carbocycles. The molecule has 0 saturated carbocycles. The normalized spacial score (nSPS) is 11.6. The number of carbonyl (C=O) groups excluding carboxylic acids is 3. The van der Waals surface area contributed by atoms with Gasteiger partial charge in [0.15, 0.2) is 5.78 Å². The fourth-order valence-electron chi connectivity index (χ4n) is 3.55. The van der Waals surface area contributed by atoms with E-state index in [2.05, 4.69) is 5.32 Å². The number of aryl methyl sites for hydroxylation is 1. The predicted octanol–water partition coefficient (Wildman–Crippen LogP) is 6.55. The van der Waals surface area contributed by atoms with Gasteiger partial charge >= 0.3 is 5.97 Å². The van der Waals surface area contributed by atoms with Gasteiger partial charge in [-0.3, -0.25) is 9.59 Å². The van der Waals surface area contributed by atoms with Crippen molar-refractivity contribution in [3.05, 3.63) is 103 Å². The summed E-state index contributed by atoms with van der Waals surface area (Å²) < 4.78 is 4.86. The molecule has 3 rings (SSSR count). The van der Waals surface area contributed by atoms with E-state index in [0.29, 0.717) is 10.0 Å². The van der Waals surface area contributed by atoms with E-state index in [1.165, 1.54) is 7.11 Å². The Bertz CT molecular complexity index is 1230. The highest BCUT2D eigenvalue weighted by Gasteiger charge is 2.25. The Hall–Kier alpha value is -2.57. The maximum absolute atomic E-state index is 12.8. The number of Topliss-reactive ketones (excluding diaryl/α,β-unsaturated/α-hetero) is 1. The zero-order chi connectivity index (χ0) is 25.7. The van der Waals surface area contributed by atoms with E-state index in [0.717, 1.165) is 16.7 Å². The van der Waals surface area contributed by atoms with Gasteiger partial charge < -0.3 is 10.1 Å². The molecule has 0 aliphatic carbocycles. The number of hydrogen-bond acceptors (Lipinski definition) is 4. The van der Waals surface area contributed by atoms with Crippen LogP contribution in [0.25, 0.3) is 0 Å². The number of hydrogen-bond donors (Lipinski definition) is 1. The molecule has 0 aromatic heterocycles. The quantitative estimate of drug-likeness (QED) is 0.254. The summed E-state index contributed by atoms with van der Waals surface area (Å²) in [5.41, 5.74) is 2.65. The Morgan fingerprint density at radius 1 is 0.829 bits per heavy atom. The SMILES string of the molecule is COC(=O)[C@H](Cc1ccc(CC(=O)c2c(Cl)cccc2Cl)cc1)NC(=O)c1c(Cl)cc(C)cc1Cl. The molecule has 182 valence electrons. The van der Waals surface area contributed by atoms with Crippen molar-refractivity contribution in [2.45, 2.75) is 25.8 Å². The second kappa shape index (κ2) is 11.9. The van der Waals surface area contributed by atoms with Crippen LogP contribution in [-0.2, 0) is 22.4 Å². The van der Waals surface area contributed by atoms with Gasteiger partial charge in [-0.25, -0.2) is 4.79 Å². The van der Waals surface area contributed by atoms with Crippen LogP contribution in [0.5, 0.6) is 0 Å². The van der Waals surface area contributed by atoms with Crippen LogP contribution >= 0.6 is 46.4 Å². The summed E-state index contributed by atoms with van der Waals surface area (Å²) in [4.78, 5) is 37.9. The summed E-state index contributed by atoms with van der Waals surface area (Å²) in [6.07, 6.45) is 0.259. The molecule has 1 N–H and O–H groups in total. The van der Waals surface area contributed by atoms with Gasteiger partial charge in [0.05, 0.1) is 38.3 Å². The maximum Gasteiger partial charge on any atom is 0.328 e. The molecule has 35 heavy (non-hydrogen) atoms. The Morgan fingerprint density at radius 3 is 1.91 bits per heavy atom. The molecule has 0 saturated heterocycles. The Kier molecular flexibility index (Phi) is 9.20. The maximum atomic E-state index is 12.8. The number of methoxy groups -OCH3 is 1. The predicted molar refractivity (Wildman–Crippen MR) is 139 cm³/mol. The highest BCUT2D eigenvalue weighted by molar-refractivity contribution is 6.40. The lowest BCUT2D eigenvalue weighted by atomic mass is 9.99. The van der Waals surface area contributed by atoms with Crippen LogP contribution in [0, 0.1) is 6.92 Å². The monoisotopic (exact) mass is 551 g/mol. The molecule has 1 atom stereocenters. The van der Waals surface area contributed by atoms with Crippen molar-refractivity contribution in [2.75, 3.05) is 7.11 Å². The van der Waals surface area contributed by atoms with Crippen LogP contribution in [0.2, 0.25) is 20.1 Å². The van der Waals surface area contributed by atoms with Crippen molar-refractivity contribution < 1.29 is 19.1 Å². The summed E-state index contributed by atoms with van der Waals surface area (Å²) in [5, 5.41) is 3.61. The average molecular weight is 553 g/mol. The van der Waals surface area contributed by atoms with E-state index in [-0.39, 0.29) is 39.8 Å². The van der Waals surface area contributed by atoms with E-state index in [9.17, 15) is 14.4 Å². The third-order valence-corrected chi connectivity index (χ3v) is 6.50. The molecular formula is C26H21Cl4NO4. The van der Waals surface area contributed by atoms with Crippen molar-refractivity contribution in [3.63, 3.8) is 0 Å². The van der Waals surface area contributed by atoms with Gasteiger partial charge in [0, 0.05) is 12.8 Å². The minimum Gasteiger partial charge on any atom is -0.467 e. The minimum absolute atomic E-state index is 0.0833. The standard InChI is InChI=1S/C26H21Cl4NO4/c1-14-10-19(29)24(20(30)11-14)25(33)31-21(26(34)35-2)12-15-6-8-16(9-7-15)13-22(32)23-17(27)4-3-5-18(23)28/h3-11,21H,12-13H2,1-2H3,(H,31,33)/t21-/m0/s1. The smallest absolute Gasteiger partial charge is 0.328 e. The molecule has 0 aliphatic rings. The highest BCUT2D eigenvalue weighted by atomic mass is 35.5. The summed E-state index contributed by atoms with van der Waals surface area (Å²) in [6.45, 7) is 1.80. The summed E-state index contributed by atoms with van der Waals surface area (Å²) in [5.74, 6) is -1.42. The van der Waals surface area contributed by atoms with Crippen molar-refractivity contribution in [2.24, 2.45) is 0 Å². The summed E-state index contributed by atoms with van der Waals surface area (Å²) in [7, 11) is 1.24. The number of esters is 1. The van der Waals surface area contributed by atoms with Gasteiger partial charge in [0.1, 0.15) is 6.04 Å². The summed E-state index contributed by atoms with van der Waals surface area (Å²) in [6, 6.07) is 14.2. The van der Waals surface area contributed by atoms with Gasteiger partial charge in [-0.15, -0.1) is 0 Å². The van der Waals surface area contributed by atoms with E-state index in [1.54, 1.807) is 61.5 Å². The van der Waals surface area contributed by atoms with Gasteiger partial charge in [0.2, 0.25) is 0 Å². The van der Waals surface area contributed by atoms with E-state index in [1.807, 2.05) is 0 Å². The van der Waals surface area contributed by atoms with E-state index >= 15 is 0 Å². The first-order valence-corrected chi connectivity index (χ1v) is 12.0. The largest absolute Gasteiger partial charge is 0.467 e.